The Morgan fingerprint density at radius 3 is 2.89 bits per heavy atom. The summed E-state index contributed by atoms with van der Waals surface area (Å²) in [4.78, 5) is 0. The van der Waals surface area contributed by atoms with Crippen molar-refractivity contribution < 1.29 is 4.39 Å². The number of nitrogens with one attached hydrogen (secondary N) is 1. The van der Waals surface area contributed by atoms with Gasteiger partial charge in [0.2, 0.25) is 0 Å². The number of aromatic nitrogens is 2. The highest BCUT2D eigenvalue weighted by atomic mass is 19.1. The van der Waals surface area contributed by atoms with Crippen LogP contribution in [0.5, 0.6) is 0 Å². The van der Waals surface area contributed by atoms with Gasteiger partial charge in [0.05, 0.1) is 17.3 Å². The Labute approximate surface area is 105 Å². The average molecular weight is 244 g/mol. The van der Waals surface area contributed by atoms with Crippen LogP contribution in [0.15, 0.2) is 30.5 Å². The third-order valence-corrected chi connectivity index (χ3v) is 2.73. The number of benzene rings is 1. The standard InChI is InChI=1S/C13H13FN4/c1-18-13(4-5-17-18)9-16-8-11-6-12(14)3-2-10(11)7-15/h2-6,16H,8-9H2,1H3. The van der Waals surface area contributed by atoms with Crippen LogP contribution < -0.4 is 5.32 Å². The van der Waals surface area contributed by atoms with Gasteiger partial charge in [0, 0.05) is 26.3 Å². The summed E-state index contributed by atoms with van der Waals surface area (Å²) >= 11 is 0. The molecule has 0 spiro atoms. The summed E-state index contributed by atoms with van der Waals surface area (Å²) in [7, 11) is 1.86. The highest BCUT2D eigenvalue weighted by Crippen LogP contribution is 2.10. The van der Waals surface area contributed by atoms with Crippen LogP contribution in [0.3, 0.4) is 0 Å². The predicted octanol–water partition coefficient (Wildman–Crippen LogP) is 1.72. The second-order valence-electron chi connectivity index (χ2n) is 3.96. The van der Waals surface area contributed by atoms with Gasteiger partial charge in [-0.3, -0.25) is 4.68 Å². The molecule has 1 N–H and O–H groups in total. The molecule has 0 saturated carbocycles. The van der Waals surface area contributed by atoms with Gasteiger partial charge in [-0.15, -0.1) is 0 Å². The maximum absolute atomic E-state index is 13.1. The third kappa shape index (κ3) is 2.73. The van der Waals surface area contributed by atoms with Crippen LogP contribution in [0.4, 0.5) is 4.39 Å². The quantitative estimate of drug-likeness (QED) is 0.891. The number of hydrogen-bond donors (Lipinski definition) is 1. The lowest BCUT2D eigenvalue weighted by Gasteiger charge is -2.07. The second-order valence-corrected chi connectivity index (χ2v) is 3.96. The molecule has 0 radical (unpaired) electrons. The normalized spacial score (nSPS) is 10.3. The van der Waals surface area contributed by atoms with Crippen molar-refractivity contribution in [2.24, 2.45) is 7.05 Å². The molecule has 0 atom stereocenters. The van der Waals surface area contributed by atoms with E-state index in [4.69, 9.17) is 5.26 Å². The molecule has 1 heterocycles. The molecule has 0 aliphatic rings. The Hall–Kier alpha value is -2.19. The molecule has 2 aromatic rings. The van der Waals surface area contributed by atoms with Gasteiger partial charge in [0.15, 0.2) is 0 Å². The van der Waals surface area contributed by atoms with E-state index in [9.17, 15) is 4.39 Å². The van der Waals surface area contributed by atoms with Crippen molar-refractivity contribution in [3.05, 3.63) is 53.1 Å². The molecule has 4 nitrogen and oxygen atoms in total. The van der Waals surface area contributed by atoms with Crippen molar-refractivity contribution in [2.75, 3.05) is 0 Å². The molecule has 18 heavy (non-hydrogen) atoms. The molecular formula is C13H13FN4. The van der Waals surface area contributed by atoms with E-state index in [-0.39, 0.29) is 5.82 Å². The van der Waals surface area contributed by atoms with Crippen molar-refractivity contribution in [3.63, 3.8) is 0 Å². The molecule has 0 fully saturated rings. The van der Waals surface area contributed by atoms with Crippen molar-refractivity contribution in [3.8, 4) is 6.07 Å². The topological polar surface area (TPSA) is 53.6 Å². The Balaban J connectivity index is 2.00. The lowest BCUT2D eigenvalue weighted by atomic mass is 10.1. The Morgan fingerprint density at radius 2 is 2.22 bits per heavy atom. The van der Waals surface area contributed by atoms with Crippen molar-refractivity contribution >= 4 is 0 Å². The Morgan fingerprint density at radius 1 is 1.39 bits per heavy atom. The molecule has 0 amide bonds. The molecular weight excluding hydrogens is 231 g/mol. The minimum Gasteiger partial charge on any atom is -0.307 e. The van der Waals surface area contributed by atoms with Crippen LogP contribution >= 0.6 is 0 Å². The van der Waals surface area contributed by atoms with Crippen molar-refractivity contribution in [1.29, 1.82) is 5.26 Å². The number of halogens is 1. The highest BCUT2D eigenvalue weighted by Gasteiger charge is 2.04. The Bertz CT molecular complexity index is 583. The van der Waals surface area contributed by atoms with Crippen LogP contribution in [-0.4, -0.2) is 9.78 Å². The molecule has 0 saturated heterocycles. The minimum atomic E-state index is -0.327. The number of rotatable bonds is 4. The molecule has 1 aromatic carbocycles. The van der Waals surface area contributed by atoms with Gasteiger partial charge in [-0.25, -0.2) is 4.39 Å². The first-order chi connectivity index (χ1) is 8.70. The fourth-order valence-electron chi connectivity index (χ4n) is 1.72. The zero-order chi connectivity index (χ0) is 13.0. The fourth-order valence-corrected chi connectivity index (χ4v) is 1.72. The van der Waals surface area contributed by atoms with Crippen molar-refractivity contribution in [1.82, 2.24) is 15.1 Å². The summed E-state index contributed by atoms with van der Waals surface area (Å²) in [5.74, 6) is -0.327. The largest absolute Gasteiger partial charge is 0.307 e. The lowest BCUT2D eigenvalue weighted by Crippen LogP contribution is -2.16. The van der Waals surface area contributed by atoms with Gasteiger partial charge in [-0.2, -0.15) is 10.4 Å². The summed E-state index contributed by atoms with van der Waals surface area (Å²) in [5.41, 5.74) is 2.19. The first-order valence-electron chi connectivity index (χ1n) is 5.57. The SMILES string of the molecule is Cn1nccc1CNCc1cc(F)ccc1C#N. The van der Waals surface area contributed by atoms with E-state index in [0.717, 1.165) is 5.69 Å². The zero-order valence-corrected chi connectivity index (χ0v) is 10.0. The summed E-state index contributed by atoms with van der Waals surface area (Å²) in [6.07, 6.45) is 1.72. The zero-order valence-electron chi connectivity index (χ0n) is 10.0. The van der Waals surface area contributed by atoms with Gasteiger partial charge in [0.25, 0.3) is 0 Å². The van der Waals surface area contributed by atoms with Gasteiger partial charge in [0.1, 0.15) is 5.82 Å². The first kappa shape index (κ1) is 12.3. The fraction of sp³-hybridized carbons (Fsp3) is 0.231. The number of nitrogens with zero attached hydrogens (tertiary/aromatic N) is 3. The molecule has 0 aliphatic carbocycles. The molecule has 0 bridgehead atoms. The van der Waals surface area contributed by atoms with E-state index in [1.165, 1.54) is 18.2 Å². The van der Waals surface area contributed by atoms with E-state index in [2.05, 4.69) is 16.5 Å². The van der Waals surface area contributed by atoms with E-state index >= 15 is 0 Å². The van der Waals surface area contributed by atoms with Crippen LogP contribution in [0.2, 0.25) is 0 Å². The number of hydrogen-bond acceptors (Lipinski definition) is 3. The van der Waals surface area contributed by atoms with Gasteiger partial charge in [-0.05, 0) is 29.8 Å². The molecule has 0 unspecified atom stereocenters. The highest BCUT2D eigenvalue weighted by molar-refractivity contribution is 5.37. The van der Waals surface area contributed by atoms with Crippen molar-refractivity contribution in [2.45, 2.75) is 13.1 Å². The number of nitriles is 1. The van der Waals surface area contributed by atoms with E-state index < -0.39 is 0 Å². The van der Waals surface area contributed by atoms with E-state index in [1.54, 1.807) is 10.9 Å². The average Bonchev–Trinajstić information content (AvgIpc) is 2.76. The van der Waals surface area contributed by atoms with E-state index in [0.29, 0.717) is 24.2 Å². The minimum absolute atomic E-state index is 0.327. The van der Waals surface area contributed by atoms with Gasteiger partial charge < -0.3 is 5.32 Å². The van der Waals surface area contributed by atoms with Crippen LogP contribution in [-0.2, 0) is 20.1 Å². The monoisotopic (exact) mass is 244 g/mol. The second kappa shape index (κ2) is 5.43. The summed E-state index contributed by atoms with van der Waals surface area (Å²) in [6.45, 7) is 1.07. The first-order valence-corrected chi connectivity index (χ1v) is 5.57. The summed E-state index contributed by atoms with van der Waals surface area (Å²) < 4.78 is 14.9. The molecule has 5 heteroatoms. The number of aryl methyl sites for hydroxylation is 1. The molecule has 92 valence electrons. The summed E-state index contributed by atoms with van der Waals surface area (Å²) in [6, 6.07) is 8.14. The smallest absolute Gasteiger partial charge is 0.123 e. The molecule has 0 aliphatic heterocycles. The maximum Gasteiger partial charge on any atom is 0.123 e. The Kier molecular flexibility index (Phi) is 3.70. The van der Waals surface area contributed by atoms with Gasteiger partial charge in [-0.1, -0.05) is 0 Å². The van der Waals surface area contributed by atoms with Gasteiger partial charge >= 0.3 is 0 Å². The van der Waals surface area contributed by atoms with Crippen LogP contribution in [0.1, 0.15) is 16.8 Å². The molecule has 2 rings (SSSR count). The lowest BCUT2D eigenvalue weighted by molar-refractivity contribution is 0.609. The molecule has 1 aromatic heterocycles. The predicted molar refractivity (Wildman–Crippen MR) is 64.9 cm³/mol. The third-order valence-electron chi connectivity index (χ3n) is 2.73. The van der Waals surface area contributed by atoms with E-state index in [1.807, 2.05) is 13.1 Å². The summed E-state index contributed by atoms with van der Waals surface area (Å²) in [5, 5.41) is 16.1. The van der Waals surface area contributed by atoms with Crippen LogP contribution in [0.25, 0.3) is 0 Å². The maximum atomic E-state index is 13.1. The van der Waals surface area contributed by atoms with Crippen LogP contribution in [0, 0.1) is 17.1 Å².